The summed E-state index contributed by atoms with van der Waals surface area (Å²) in [6, 6.07) is 1.28. The van der Waals surface area contributed by atoms with Crippen molar-refractivity contribution in [1.29, 1.82) is 0 Å². The predicted molar refractivity (Wildman–Crippen MR) is 111 cm³/mol. The standard InChI is InChI=1S/C21H24F2N6O2/c22-13-3-4-16(23)15(10-13)18-2-1-7-28(18)19-6-9-29-20(26-19)17(11-24-29)25-21(31)27-8-5-14(30)12-27/h3-4,6,9-11,14-16,18,30H,1-2,5,7-8,12H2,(H,25,31)/t14?,15?,16?,18-/m1/s1. The van der Waals surface area contributed by atoms with E-state index < -0.39 is 24.0 Å². The van der Waals surface area contributed by atoms with E-state index in [1.807, 2.05) is 4.90 Å². The number of anilines is 2. The Kier molecular flexibility index (Phi) is 5.09. The molecule has 1 aliphatic carbocycles. The highest BCUT2D eigenvalue weighted by molar-refractivity contribution is 5.93. The van der Waals surface area contributed by atoms with E-state index in [2.05, 4.69) is 15.4 Å². The van der Waals surface area contributed by atoms with E-state index in [1.54, 1.807) is 21.7 Å². The fourth-order valence-electron chi connectivity index (χ4n) is 4.67. The Morgan fingerprint density at radius 3 is 2.97 bits per heavy atom. The number of fused-ring (bicyclic) bond motifs is 1. The number of nitrogens with zero attached hydrogens (tertiary/aromatic N) is 5. The maximum absolute atomic E-state index is 14.5. The molecule has 0 radical (unpaired) electrons. The molecule has 4 heterocycles. The monoisotopic (exact) mass is 430 g/mol. The maximum Gasteiger partial charge on any atom is 0.322 e. The zero-order chi connectivity index (χ0) is 21.5. The Bertz CT molecular complexity index is 1050. The number of nitrogens with one attached hydrogen (secondary N) is 1. The molecule has 8 nitrogen and oxygen atoms in total. The van der Waals surface area contributed by atoms with Gasteiger partial charge in [0.2, 0.25) is 0 Å². The molecule has 2 fully saturated rings. The lowest BCUT2D eigenvalue weighted by atomic mass is 9.89. The van der Waals surface area contributed by atoms with Gasteiger partial charge < -0.3 is 20.2 Å². The Labute approximate surface area is 177 Å². The summed E-state index contributed by atoms with van der Waals surface area (Å²) in [5.74, 6) is -0.351. The van der Waals surface area contributed by atoms with E-state index in [-0.39, 0.29) is 12.1 Å². The number of hydrogen-bond donors (Lipinski definition) is 2. The molecule has 2 saturated heterocycles. The first-order valence-electron chi connectivity index (χ1n) is 10.5. The Morgan fingerprint density at radius 2 is 2.16 bits per heavy atom. The van der Waals surface area contributed by atoms with Crippen molar-refractivity contribution in [3.63, 3.8) is 0 Å². The lowest BCUT2D eigenvalue weighted by Crippen LogP contribution is -2.40. The van der Waals surface area contributed by atoms with Gasteiger partial charge in [-0.25, -0.2) is 23.1 Å². The fourth-order valence-corrected chi connectivity index (χ4v) is 4.67. The Balaban J connectivity index is 1.40. The second-order valence-corrected chi connectivity index (χ2v) is 8.27. The topological polar surface area (TPSA) is 86.0 Å². The first-order chi connectivity index (χ1) is 15.0. The smallest absolute Gasteiger partial charge is 0.322 e. The number of likely N-dealkylation sites (tertiary alicyclic amines) is 1. The zero-order valence-electron chi connectivity index (χ0n) is 16.9. The van der Waals surface area contributed by atoms with Gasteiger partial charge >= 0.3 is 6.03 Å². The van der Waals surface area contributed by atoms with Gasteiger partial charge in [-0.1, -0.05) is 0 Å². The van der Waals surface area contributed by atoms with Crippen molar-refractivity contribution in [2.45, 2.75) is 37.6 Å². The molecule has 4 atom stereocenters. The van der Waals surface area contributed by atoms with Gasteiger partial charge in [0.15, 0.2) is 5.65 Å². The minimum atomic E-state index is -1.24. The number of hydrogen-bond acceptors (Lipinski definition) is 5. The molecule has 0 aromatic carbocycles. The summed E-state index contributed by atoms with van der Waals surface area (Å²) < 4.78 is 29.9. The summed E-state index contributed by atoms with van der Waals surface area (Å²) in [6.07, 6.45) is 7.50. The summed E-state index contributed by atoms with van der Waals surface area (Å²) in [7, 11) is 0. The SMILES string of the molecule is O=C(Nc1cnn2ccc(N3CCC[C@@H]3C3C=C(F)C=CC3F)nc12)N1CCC(O)C1. The highest BCUT2D eigenvalue weighted by Crippen LogP contribution is 2.35. The van der Waals surface area contributed by atoms with Gasteiger partial charge in [0, 0.05) is 37.8 Å². The van der Waals surface area contributed by atoms with Crippen LogP contribution in [-0.4, -0.2) is 68.6 Å². The second kappa shape index (κ2) is 7.92. The molecule has 2 aliphatic heterocycles. The van der Waals surface area contributed by atoms with Crippen molar-refractivity contribution < 1.29 is 18.7 Å². The molecule has 164 valence electrons. The molecule has 10 heteroatoms. The van der Waals surface area contributed by atoms with Gasteiger partial charge in [-0.3, -0.25) is 0 Å². The van der Waals surface area contributed by atoms with E-state index in [4.69, 9.17) is 0 Å². The molecule has 5 rings (SSSR count). The first kappa shape index (κ1) is 19.9. The average Bonchev–Trinajstić information content (AvgIpc) is 3.49. The second-order valence-electron chi connectivity index (χ2n) is 8.27. The number of urea groups is 1. The van der Waals surface area contributed by atoms with Crippen LogP contribution in [0.1, 0.15) is 19.3 Å². The van der Waals surface area contributed by atoms with Gasteiger partial charge in [0.25, 0.3) is 0 Å². The molecule has 3 unspecified atom stereocenters. The highest BCUT2D eigenvalue weighted by Gasteiger charge is 2.37. The molecule has 2 amide bonds. The normalized spacial score (nSPS) is 28.4. The van der Waals surface area contributed by atoms with Gasteiger partial charge in [-0.15, -0.1) is 0 Å². The molecule has 31 heavy (non-hydrogen) atoms. The van der Waals surface area contributed by atoms with Crippen LogP contribution in [0, 0.1) is 5.92 Å². The van der Waals surface area contributed by atoms with Crippen molar-refractivity contribution >= 4 is 23.2 Å². The third-order valence-corrected chi connectivity index (χ3v) is 6.24. The molecule has 2 aromatic rings. The summed E-state index contributed by atoms with van der Waals surface area (Å²) in [6.45, 7) is 1.48. The van der Waals surface area contributed by atoms with Crippen molar-refractivity contribution in [3.05, 3.63) is 42.5 Å². The number of amides is 2. The van der Waals surface area contributed by atoms with Crippen molar-refractivity contribution in [2.24, 2.45) is 5.92 Å². The van der Waals surface area contributed by atoms with Gasteiger partial charge in [0.1, 0.15) is 23.5 Å². The number of aromatic nitrogens is 3. The van der Waals surface area contributed by atoms with Crippen LogP contribution in [0.2, 0.25) is 0 Å². The quantitative estimate of drug-likeness (QED) is 0.782. The molecular formula is C21H24F2N6O2. The molecule has 0 spiro atoms. The number of β-amino-alcohol motifs (C(OH)–C–C–N with tert-alkyl or cyclic N) is 1. The molecule has 0 saturated carbocycles. The number of halogens is 2. The lowest BCUT2D eigenvalue weighted by Gasteiger charge is -2.33. The van der Waals surface area contributed by atoms with Crippen LogP contribution in [0.15, 0.2) is 42.5 Å². The minimum Gasteiger partial charge on any atom is -0.391 e. The zero-order valence-corrected chi connectivity index (χ0v) is 16.9. The van der Waals surface area contributed by atoms with E-state index in [0.717, 1.165) is 12.8 Å². The third-order valence-electron chi connectivity index (χ3n) is 6.24. The van der Waals surface area contributed by atoms with Crippen LogP contribution < -0.4 is 10.2 Å². The number of carbonyl (C=O) groups excluding carboxylic acids is 1. The van der Waals surface area contributed by atoms with Crippen LogP contribution in [0.5, 0.6) is 0 Å². The number of rotatable bonds is 3. The third kappa shape index (κ3) is 3.76. The van der Waals surface area contributed by atoms with Crippen LogP contribution in [0.25, 0.3) is 5.65 Å². The van der Waals surface area contributed by atoms with Crippen LogP contribution >= 0.6 is 0 Å². The number of carbonyl (C=O) groups is 1. The number of allylic oxidation sites excluding steroid dienone is 3. The van der Waals surface area contributed by atoms with E-state index >= 15 is 0 Å². The Morgan fingerprint density at radius 1 is 1.29 bits per heavy atom. The minimum absolute atomic E-state index is 0.201. The van der Waals surface area contributed by atoms with Crippen LogP contribution in [-0.2, 0) is 0 Å². The van der Waals surface area contributed by atoms with Crippen LogP contribution in [0.4, 0.5) is 25.1 Å². The molecule has 3 aliphatic rings. The highest BCUT2D eigenvalue weighted by atomic mass is 19.1. The van der Waals surface area contributed by atoms with E-state index in [1.165, 1.54) is 24.4 Å². The molecule has 0 bridgehead atoms. The summed E-state index contributed by atoms with van der Waals surface area (Å²) in [5.41, 5.74) is 0.928. The van der Waals surface area contributed by atoms with Crippen molar-refractivity contribution in [1.82, 2.24) is 19.5 Å². The van der Waals surface area contributed by atoms with Crippen LogP contribution in [0.3, 0.4) is 0 Å². The Hall–Kier alpha value is -3.01. The summed E-state index contributed by atoms with van der Waals surface area (Å²) in [5, 5.41) is 16.7. The van der Waals surface area contributed by atoms with E-state index in [0.29, 0.717) is 43.2 Å². The number of aliphatic hydroxyl groups is 1. The maximum atomic E-state index is 14.5. The van der Waals surface area contributed by atoms with E-state index in [9.17, 15) is 18.7 Å². The number of aliphatic hydroxyl groups excluding tert-OH is 1. The largest absolute Gasteiger partial charge is 0.391 e. The average molecular weight is 430 g/mol. The number of alkyl halides is 1. The molecule has 2 aromatic heterocycles. The van der Waals surface area contributed by atoms with Crippen molar-refractivity contribution in [2.75, 3.05) is 29.9 Å². The fraction of sp³-hybridized carbons (Fsp3) is 0.476. The summed E-state index contributed by atoms with van der Waals surface area (Å²) in [4.78, 5) is 20.8. The van der Waals surface area contributed by atoms with Crippen molar-refractivity contribution in [3.8, 4) is 0 Å². The molecular weight excluding hydrogens is 406 g/mol. The van der Waals surface area contributed by atoms with Gasteiger partial charge in [-0.2, -0.15) is 5.10 Å². The predicted octanol–water partition coefficient (Wildman–Crippen LogP) is 2.67. The summed E-state index contributed by atoms with van der Waals surface area (Å²) >= 11 is 0. The molecule has 2 N–H and O–H groups in total. The van der Waals surface area contributed by atoms with Gasteiger partial charge in [-0.05, 0) is 43.6 Å². The van der Waals surface area contributed by atoms with Gasteiger partial charge in [0.05, 0.1) is 12.3 Å². The lowest BCUT2D eigenvalue weighted by molar-refractivity contribution is 0.176. The first-order valence-corrected chi connectivity index (χ1v) is 10.5.